The van der Waals surface area contributed by atoms with Crippen molar-refractivity contribution in [2.75, 3.05) is 0 Å². The summed E-state index contributed by atoms with van der Waals surface area (Å²) in [5.41, 5.74) is -5.19. The molecule has 4 aliphatic rings. The van der Waals surface area contributed by atoms with E-state index in [2.05, 4.69) is 13.8 Å². The van der Waals surface area contributed by atoms with Crippen LogP contribution in [0.1, 0.15) is 78.6 Å². The fraction of sp³-hybridized carbons (Fsp3) is 1.00. The third-order valence-electron chi connectivity index (χ3n) is 10.2. The Hall–Kier alpha value is -0.123. The van der Waals surface area contributed by atoms with E-state index in [0.29, 0.717) is 35.2 Å². The maximum atomic E-state index is 12.9. The highest BCUT2D eigenvalue weighted by atomic mass is 32.2. The lowest BCUT2D eigenvalue weighted by molar-refractivity contribution is -0.129. The third kappa shape index (κ3) is 3.83. The summed E-state index contributed by atoms with van der Waals surface area (Å²) in [5.74, 6) is 2.25. The maximum absolute atomic E-state index is 12.9. The minimum absolute atomic E-state index is 0.153. The highest BCUT2D eigenvalue weighted by Crippen LogP contribution is 2.68. The number of halogens is 3. The van der Waals surface area contributed by atoms with Gasteiger partial charge in [0, 0.05) is 6.10 Å². The number of fused-ring (bicyclic) bond motifs is 5. The molecule has 0 aromatic heterocycles. The first-order valence-electron chi connectivity index (χ1n) is 11.9. The van der Waals surface area contributed by atoms with Crippen molar-refractivity contribution in [3.63, 3.8) is 0 Å². The molecule has 31 heavy (non-hydrogen) atoms. The van der Waals surface area contributed by atoms with E-state index in [-0.39, 0.29) is 11.3 Å². The summed E-state index contributed by atoms with van der Waals surface area (Å²) in [6, 6.07) is 0. The van der Waals surface area contributed by atoms with Crippen LogP contribution in [0.4, 0.5) is 13.2 Å². The zero-order valence-electron chi connectivity index (χ0n) is 19.1. The predicted molar refractivity (Wildman–Crippen MR) is 116 cm³/mol. The number of rotatable bonds is 4. The van der Waals surface area contributed by atoms with Crippen LogP contribution in [0.3, 0.4) is 0 Å². The molecule has 0 heterocycles. The van der Waals surface area contributed by atoms with Crippen molar-refractivity contribution in [2.24, 2.45) is 40.4 Å². The van der Waals surface area contributed by atoms with Crippen molar-refractivity contribution < 1.29 is 30.2 Å². The normalized spacial score (nSPS) is 46.8. The topological polar surface area (TPSA) is 52.6 Å². The number of hydrogen-bond donors (Lipinski definition) is 0. The molecule has 0 aromatic carbocycles. The molecule has 4 fully saturated rings. The Morgan fingerprint density at radius 2 is 1.61 bits per heavy atom. The fourth-order valence-electron chi connectivity index (χ4n) is 8.57. The van der Waals surface area contributed by atoms with Crippen LogP contribution in [0.25, 0.3) is 0 Å². The van der Waals surface area contributed by atoms with Crippen molar-refractivity contribution in [2.45, 2.75) is 96.3 Å². The highest BCUT2D eigenvalue weighted by Gasteiger charge is 2.61. The Kier molecular flexibility index (Phi) is 6.18. The Balaban J connectivity index is 1.52. The van der Waals surface area contributed by atoms with E-state index in [1.54, 1.807) is 0 Å². The Bertz CT molecular complexity index is 790. The van der Waals surface area contributed by atoms with Gasteiger partial charge in [0.1, 0.15) is 10.5 Å². The lowest BCUT2D eigenvalue weighted by Gasteiger charge is -2.61. The van der Waals surface area contributed by atoms with E-state index < -0.39 is 21.7 Å². The smallest absolute Gasteiger partial charge is 0.425 e. The van der Waals surface area contributed by atoms with Crippen LogP contribution in [-0.4, -0.2) is 36.6 Å². The highest BCUT2D eigenvalue weighted by molar-refractivity contribution is 7.87. The van der Waals surface area contributed by atoms with Gasteiger partial charge in [-0.3, -0.25) is 4.18 Å². The largest absolute Gasteiger partial charge is 0.523 e. The van der Waals surface area contributed by atoms with Crippen LogP contribution < -0.4 is 0 Å². The second-order valence-electron chi connectivity index (χ2n) is 11.2. The SMILES string of the molecule is CC(OS(=O)(=O)C(F)(F)F)[C@H]1CC[C@H]2[C@@H]3CCC4CC(O[SiH3])CC[C@]4(C)[C@H]3CC[C@]12C. The van der Waals surface area contributed by atoms with Crippen LogP contribution in [0.2, 0.25) is 0 Å². The van der Waals surface area contributed by atoms with Crippen LogP contribution >= 0.6 is 0 Å². The Labute approximate surface area is 187 Å². The Morgan fingerprint density at radius 3 is 2.26 bits per heavy atom. The van der Waals surface area contributed by atoms with Gasteiger partial charge in [-0.15, -0.1) is 0 Å². The molecule has 4 aliphatic carbocycles. The first-order valence-corrected chi connectivity index (χ1v) is 14.1. The van der Waals surface area contributed by atoms with Gasteiger partial charge in [0.2, 0.25) is 0 Å². The van der Waals surface area contributed by atoms with Gasteiger partial charge in [0.15, 0.2) is 0 Å². The number of alkyl halides is 3. The summed E-state index contributed by atoms with van der Waals surface area (Å²) in [6.45, 7) is 6.18. The molecule has 0 aromatic rings. The lowest BCUT2D eigenvalue weighted by Crippen LogP contribution is -2.54. The molecule has 0 radical (unpaired) electrons. The summed E-state index contributed by atoms with van der Waals surface area (Å²) >= 11 is 0. The molecule has 180 valence electrons. The molecule has 3 unspecified atom stereocenters. The van der Waals surface area contributed by atoms with E-state index in [1.807, 2.05) is 0 Å². The summed E-state index contributed by atoms with van der Waals surface area (Å²) < 4.78 is 72.3. The van der Waals surface area contributed by atoms with Gasteiger partial charge >= 0.3 is 15.6 Å². The van der Waals surface area contributed by atoms with Gasteiger partial charge in [-0.25, -0.2) is 0 Å². The molecule has 4 rings (SSSR count). The number of hydrogen-bond acceptors (Lipinski definition) is 4. The fourth-order valence-corrected chi connectivity index (χ4v) is 9.64. The zero-order chi connectivity index (χ0) is 22.8. The Morgan fingerprint density at radius 1 is 0.968 bits per heavy atom. The van der Waals surface area contributed by atoms with Crippen molar-refractivity contribution in [1.29, 1.82) is 0 Å². The molecule has 0 amide bonds. The van der Waals surface area contributed by atoms with Crippen LogP contribution in [-0.2, 0) is 18.7 Å². The first-order chi connectivity index (χ1) is 14.3. The molecule has 0 aliphatic heterocycles. The molecule has 0 bridgehead atoms. The van der Waals surface area contributed by atoms with Gasteiger partial charge in [0.05, 0.1) is 6.10 Å². The zero-order valence-corrected chi connectivity index (χ0v) is 21.9. The molecule has 0 saturated heterocycles. The standard InChI is InChI=1S/C22H37F3O4SSi/c1-13(28-30(26,27)22(23,24)25)17-6-7-18-16-5-4-14-12-15(29-31)8-10-20(14,2)19(16)9-11-21(17,18)3/h13-19H,4-12H2,1-3,31H3/t13?,14?,15?,16-,17+,18-,19-,20-,21+/m0/s1. The van der Waals surface area contributed by atoms with Gasteiger partial charge in [-0.1, -0.05) is 13.8 Å². The predicted octanol–water partition coefficient (Wildman–Crippen LogP) is 4.57. The van der Waals surface area contributed by atoms with Crippen LogP contribution in [0.15, 0.2) is 0 Å². The minimum atomic E-state index is -5.56. The molecule has 4 saturated carbocycles. The average molecular weight is 483 g/mol. The summed E-state index contributed by atoms with van der Waals surface area (Å²) in [6.07, 6.45) is 9.15. The van der Waals surface area contributed by atoms with Gasteiger partial charge in [0.25, 0.3) is 0 Å². The van der Waals surface area contributed by atoms with Crippen LogP contribution in [0, 0.1) is 40.4 Å². The minimum Gasteiger partial charge on any atom is -0.425 e. The lowest BCUT2D eigenvalue weighted by atomic mass is 9.44. The van der Waals surface area contributed by atoms with Crippen molar-refractivity contribution in [3.8, 4) is 0 Å². The maximum Gasteiger partial charge on any atom is 0.523 e. The van der Waals surface area contributed by atoms with E-state index in [1.165, 1.54) is 32.6 Å². The summed E-state index contributed by atoms with van der Waals surface area (Å²) in [4.78, 5) is 0. The van der Waals surface area contributed by atoms with Gasteiger partial charge in [-0.05, 0) is 105 Å². The average Bonchev–Trinajstić information content (AvgIpc) is 3.03. The molecule has 0 N–H and O–H groups in total. The van der Waals surface area contributed by atoms with Crippen molar-refractivity contribution >= 4 is 20.6 Å². The van der Waals surface area contributed by atoms with Crippen molar-refractivity contribution in [3.05, 3.63) is 0 Å². The van der Waals surface area contributed by atoms with E-state index >= 15 is 0 Å². The molecular formula is C22H37F3O4SSi. The summed E-state index contributed by atoms with van der Waals surface area (Å²) in [5, 5.41) is 0. The molecule has 9 atom stereocenters. The molecule has 0 spiro atoms. The third-order valence-corrected chi connectivity index (χ3v) is 11.9. The molecular weight excluding hydrogens is 445 g/mol. The van der Waals surface area contributed by atoms with Gasteiger partial charge < -0.3 is 4.43 Å². The monoisotopic (exact) mass is 482 g/mol. The summed E-state index contributed by atoms with van der Waals surface area (Å²) in [7, 11) is -4.77. The second-order valence-corrected chi connectivity index (χ2v) is 13.3. The second kappa shape index (κ2) is 7.98. The van der Waals surface area contributed by atoms with E-state index in [9.17, 15) is 21.6 Å². The van der Waals surface area contributed by atoms with Gasteiger partial charge in [-0.2, -0.15) is 21.6 Å². The van der Waals surface area contributed by atoms with E-state index in [0.717, 1.165) is 42.6 Å². The first kappa shape index (κ1) is 24.0. The van der Waals surface area contributed by atoms with Crippen molar-refractivity contribution in [1.82, 2.24) is 0 Å². The molecule has 9 heteroatoms. The quantitative estimate of drug-likeness (QED) is 0.335. The van der Waals surface area contributed by atoms with E-state index in [4.69, 9.17) is 8.61 Å². The van der Waals surface area contributed by atoms with Crippen LogP contribution in [0.5, 0.6) is 0 Å². The molecule has 4 nitrogen and oxygen atoms in total.